The molecule has 0 N–H and O–H groups in total. The van der Waals surface area contributed by atoms with E-state index < -0.39 is 5.82 Å². The zero-order chi connectivity index (χ0) is 13.8. The lowest BCUT2D eigenvalue weighted by atomic mass is 10.1. The van der Waals surface area contributed by atoms with Crippen LogP contribution in [0.2, 0.25) is 0 Å². The van der Waals surface area contributed by atoms with E-state index in [1.165, 1.54) is 25.1 Å². The number of carbonyl (C=O) groups is 2. The van der Waals surface area contributed by atoms with Gasteiger partial charge in [-0.1, -0.05) is 0 Å². The van der Waals surface area contributed by atoms with Crippen molar-refractivity contribution < 1.29 is 23.1 Å². The molecule has 1 aromatic heterocycles. The summed E-state index contributed by atoms with van der Waals surface area (Å²) in [4.78, 5) is 21.5. The maximum atomic E-state index is 13.5. The third kappa shape index (κ3) is 3.07. The molecule has 0 fully saturated rings. The van der Waals surface area contributed by atoms with E-state index in [4.69, 9.17) is 9.15 Å². The largest absolute Gasteiger partial charge is 0.486 e. The van der Waals surface area contributed by atoms with E-state index in [1.54, 1.807) is 6.07 Å². The molecule has 5 heteroatoms. The predicted octanol–water partition coefficient (Wildman–Crippen LogP) is 3.01. The lowest BCUT2D eigenvalue weighted by Crippen LogP contribution is -1.99. The average molecular weight is 262 g/mol. The minimum absolute atomic E-state index is 0.0218. The Morgan fingerprint density at radius 2 is 2.16 bits per heavy atom. The molecular weight excluding hydrogens is 251 g/mol. The SMILES string of the molecule is CC(=O)c1ccc(OCc2ccc(C=O)o2)cc1F. The van der Waals surface area contributed by atoms with Gasteiger partial charge in [0.15, 0.2) is 17.8 Å². The minimum atomic E-state index is -0.627. The van der Waals surface area contributed by atoms with E-state index >= 15 is 0 Å². The van der Waals surface area contributed by atoms with Crippen molar-refractivity contribution in [3.63, 3.8) is 0 Å². The van der Waals surface area contributed by atoms with Crippen LogP contribution in [-0.2, 0) is 6.61 Å². The van der Waals surface area contributed by atoms with Gasteiger partial charge >= 0.3 is 0 Å². The van der Waals surface area contributed by atoms with Gasteiger partial charge in [0, 0.05) is 6.07 Å². The van der Waals surface area contributed by atoms with Crippen LogP contribution in [0.25, 0.3) is 0 Å². The third-order valence-corrected chi connectivity index (χ3v) is 2.50. The second-order valence-electron chi connectivity index (χ2n) is 3.91. The fourth-order valence-electron chi connectivity index (χ4n) is 1.56. The highest BCUT2D eigenvalue weighted by atomic mass is 19.1. The van der Waals surface area contributed by atoms with Crippen LogP contribution in [0.15, 0.2) is 34.7 Å². The summed E-state index contributed by atoms with van der Waals surface area (Å²) in [7, 11) is 0. The number of ketones is 1. The van der Waals surface area contributed by atoms with E-state index in [2.05, 4.69) is 0 Å². The Kier molecular flexibility index (Phi) is 3.75. The average Bonchev–Trinajstić information content (AvgIpc) is 2.84. The summed E-state index contributed by atoms with van der Waals surface area (Å²) in [5.74, 6) is -0.0230. The summed E-state index contributed by atoms with van der Waals surface area (Å²) >= 11 is 0. The van der Waals surface area contributed by atoms with Crippen molar-refractivity contribution in [3.8, 4) is 5.75 Å². The molecule has 0 saturated carbocycles. The van der Waals surface area contributed by atoms with Gasteiger partial charge in [-0.25, -0.2) is 4.39 Å². The monoisotopic (exact) mass is 262 g/mol. The minimum Gasteiger partial charge on any atom is -0.486 e. The van der Waals surface area contributed by atoms with Crippen LogP contribution in [0.5, 0.6) is 5.75 Å². The molecule has 0 aliphatic heterocycles. The number of carbonyl (C=O) groups excluding carboxylic acids is 2. The molecule has 0 aliphatic carbocycles. The van der Waals surface area contributed by atoms with Crippen LogP contribution in [-0.4, -0.2) is 12.1 Å². The van der Waals surface area contributed by atoms with Crippen molar-refractivity contribution in [2.75, 3.05) is 0 Å². The first-order valence-corrected chi connectivity index (χ1v) is 5.57. The van der Waals surface area contributed by atoms with E-state index in [0.717, 1.165) is 6.07 Å². The molecule has 0 unspecified atom stereocenters. The van der Waals surface area contributed by atoms with Crippen LogP contribution < -0.4 is 4.74 Å². The standard InChI is InChI=1S/C14H11FO4/c1-9(17)13-5-4-10(6-14(13)15)18-8-12-3-2-11(7-16)19-12/h2-7H,8H2,1H3. The summed E-state index contributed by atoms with van der Waals surface area (Å²) in [5.41, 5.74) is 0.0218. The first-order valence-electron chi connectivity index (χ1n) is 5.57. The van der Waals surface area contributed by atoms with Gasteiger partial charge in [0.1, 0.15) is 23.9 Å². The molecule has 2 aromatic rings. The Morgan fingerprint density at radius 3 is 2.74 bits per heavy atom. The Hall–Kier alpha value is -2.43. The summed E-state index contributed by atoms with van der Waals surface area (Å²) in [6, 6.07) is 7.13. The van der Waals surface area contributed by atoms with Gasteiger partial charge in [0.2, 0.25) is 0 Å². The molecular formula is C14H11FO4. The van der Waals surface area contributed by atoms with Gasteiger partial charge < -0.3 is 9.15 Å². The van der Waals surface area contributed by atoms with Gasteiger partial charge in [0.05, 0.1) is 5.56 Å². The zero-order valence-corrected chi connectivity index (χ0v) is 10.2. The first kappa shape index (κ1) is 13.0. The van der Waals surface area contributed by atoms with Crippen LogP contribution in [0, 0.1) is 5.82 Å². The van der Waals surface area contributed by atoms with E-state index in [-0.39, 0.29) is 29.5 Å². The number of aldehydes is 1. The van der Waals surface area contributed by atoms with Crippen molar-refractivity contribution in [2.24, 2.45) is 0 Å². The highest BCUT2D eigenvalue weighted by Gasteiger charge is 2.09. The molecule has 98 valence electrons. The van der Waals surface area contributed by atoms with Crippen LogP contribution >= 0.6 is 0 Å². The molecule has 0 aliphatic rings. The summed E-state index contributed by atoms with van der Waals surface area (Å²) < 4.78 is 23.9. The van der Waals surface area contributed by atoms with Crippen molar-refractivity contribution in [1.82, 2.24) is 0 Å². The second kappa shape index (κ2) is 5.48. The molecule has 0 amide bonds. The van der Waals surface area contributed by atoms with Crippen molar-refractivity contribution in [3.05, 3.63) is 53.2 Å². The van der Waals surface area contributed by atoms with Crippen molar-refractivity contribution >= 4 is 12.1 Å². The molecule has 2 rings (SSSR count). The molecule has 1 aromatic carbocycles. The van der Waals surface area contributed by atoms with E-state index in [9.17, 15) is 14.0 Å². The molecule has 1 heterocycles. The number of hydrogen-bond donors (Lipinski definition) is 0. The third-order valence-electron chi connectivity index (χ3n) is 2.50. The lowest BCUT2D eigenvalue weighted by Gasteiger charge is -2.05. The topological polar surface area (TPSA) is 56.5 Å². The fourth-order valence-corrected chi connectivity index (χ4v) is 1.56. The molecule has 4 nitrogen and oxygen atoms in total. The number of ether oxygens (including phenoxy) is 1. The van der Waals surface area contributed by atoms with Gasteiger partial charge in [-0.2, -0.15) is 0 Å². The summed E-state index contributed by atoms with van der Waals surface area (Å²) in [6.07, 6.45) is 0.588. The molecule has 0 radical (unpaired) electrons. The maximum Gasteiger partial charge on any atom is 0.185 e. The highest BCUT2D eigenvalue weighted by molar-refractivity contribution is 5.94. The Bertz CT molecular complexity index is 616. The Labute approximate surface area is 108 Å². The zero-order valence-electron chi connectivity index (χ0n) is 10.2. The van der Waals surface area contributed by atoms with E-state index in [1.807, 2.05) is 0 Å². The second-order valence-corrected chi connectivity index (χ2v) is 3.91. The fraction of sp³-hybridized carbons (Fsp3) is 0.143. The number of Topliss-reactive ketones (excluding diaryl/α,β-unsaturated/α-hetero) is 1. The molecule has 19 heavy (non-hydrogen) atoms. The first-order chi connectivity index (χ1) is 9.10. The van der Waals surface area contributed by atoms with Crippen molar-refractivity contribution in [1.29, 1.82) is 0 Å². The lowest BCUT2D eigenvalue weighted by molar-refractivity contribution is 0.101. The maximum absolute atomic E-state index is 13.5. The number of halogens is 1. The van der Waals surface area contributed by atoms with Crippen LogP contribution in [0.4, 0.5) is 4.39 Å². The smallest absolute Gasteiger partial charge is 0.185 e. The van der Waals surface area contributed by atoms with Crippen molar-refractivity contribution in [2.45, 2.75) is 13.5 Å². The number of hydrogen-bond acceptors (Lipinski definition) is 4. The molecule has 0 saturated heterocycles. The van der Waals surface area contributed by atoms with Gasteiger partial charge in [0.25, 0.3) is 0 Å². The summed E-state index contributed by atoms with van der Waals surface area (Å²) in [5, 5.41) is 0. The predicted molar refractivity (Wildman–Crippen MR) is 64.8 cm³/mol. The highest BCUT2D eigenvalue weighted by Crippen LogP contribution is 2.18. The van der Waals surface area contributed by atoms with Gasteiger partial charge in [-0.05, 0) is 31.2 Å². The molecule has 0 atom stereocenters. The Balaban J connectivity index is 2.05. The molecule has 0 spiro atoms. The Morgan fingerprint density at radius 1 is 1.37 bits per heavy atom. The van der Waals surface area contributed by atoms with Gasteiger partial charge in [-0.3, -0.25) is 9.59 Å². The van der Waals surface area contributed by atoms with Crippen LogP contribution in [0.3, 0.4) is 0 Å². The van der Waals surface area contributed by atoms with Gasteiger partial charge in [-0.15, -0.1) is 0 Å². The van der Waals surface area contributed by atoms with E-state index in [0.29, 0.717) is 12.0 Å². The number of furan rings is 1. The normalized spacial score (nSPS) is 10.2. The quantitative estimate of drug-likeness (QED) is 0.614. The van der Waals surface area contributed by atoms with Crippen LogP contribution in [0.1, 0.15) is 33.6 Å². The molecule has 0 bridgehead atoms. The number of rotatable bonds is 5. The number of benzene rings is 1. The summed E-state index contributed by atoms with van der Waals surface area (Å²) in [6.45, 7) is 1.37.